The Morgan fingerprint density at radius 3 is 2.41 bits per heavy atom. The molecule has 1 N–H and O–H groups in total. The van der Waals surface area contributed by atoms with Crippen LogP contribution in [-0.2, 0) is 4.74 Å². The fourth-order valence-corrected chi connectivity index (χ4v) is 4.00. The van der Waals surface area contributed by atoms with E-state index < -0.39 is 5.60 Å². The summed E-state index contributed by atoms with van der Waals surface area (Å²) in [5, 5.41) is 10.7. The van der Waals surface area contributed by atoms with Gasteiger partial charge in [0, 0.05) is 0 Å². The van der Waals surface area contributed by atoms with Crippen LogP contribution in [0.15, 0.2) is 23.3 Å². The Hall–Kier alpha value is -0.600. The van der Waals surface area contributed by atoms with E-state index in [2.05, 4.69) is 46.8 Å². The van der Waals surface area contributed by atoms with Crippen LogP contribution in [0.4, 0.5) is 0 Å². The summed E-state index contributed by atoms with van der Waals surface area (Å²) in [5.74, 6) is 0.430. The first kappa shape index (κ1) is 17.7. The Kier molecular flexibility index (Phi) is 5.55. The van der Waals surface area contributed by atoms with Crippen molar-refractivity contribution < 1.29 is 9.84 Å². The summed E-state index contributed by atoms with van der Waals surface area (Å²) in [6.45, 7) is 11.0. The van der Waals surface area contributed by atoms with Gasteiger partial charge < -0.3 is 9.84 Å². The van der Waals surface area contributed by atoms with Crippen molar-refractivity contribution in [3.63, 3.8) is 0 Å². The average molecular weight is 306 g/mol. The monoisotopic (exact) mass is 306 g/mol. The summed E-state index contributed by atoms with van der Waals surface area (Å²) < 4.78 is 6.45. The molecule has 2 heteroatoms. The molecular weight excluding hydrogens is 272 g/mol. The van der Waals surface area contributed by atoms with Crippen molar-refractivity contribution in [2.75, 3.05) is 0 Å². The Morgan fingerprint density at radius 1 is 1.05 bits per heavy atom. The molecule has 0 spiro atoms. The largest absolute Gasteiger partial charge is 0.390 e. The molecular formula is C20H34O2. The highest BCUT2D eigenvalue weighted by molar-refractivity contribution is 5.07. The van der Waals surface area contributed by atoms with Gasteiger partial charge in [-0.05, 0) is 85.5 Å². The minimum Gasteiger partial charge on any atom is -0.390 e. The molecule has 2 bridgehead atoms. The van der Waals surface area contributed by atoms with Crippen LogP contribution in [0.1, 0.15) is 79.6 Å². The van der Waals surface area contributed by atoms with Crippen molar-refractivity contribution in [3.05, 3.63) is 23.3 Å². The van der Waals surface area contributed by atoms with Crippen LogP contribution in [0.3, 0.4) is 0 Å². The van der Waals surface area contributed by atoms with Crippen molar-refractivity contribution in [1.82, 2.24) is 0 Å². The number of aliphatic hydroxyl groups is 1. The summed E-state index contributed by atoms with van der Waals surface area (Å²) in [7, 11) is 0. The molecule has 1 aliphatic carbocycles. The molecule has 2 heterocycles. The molecule has 3 atom stereocenters. The molecule has 2 nitrogen and oxygen atoms in total. The maximum atomic E-state index is 10.7. The quantitative estimate of drug-likeness (QED) is 0.626. The van der Waals surface area contributed by atoms with E-state index in [0.29, 0.717) is 5.92 Å². The number of rotatable bonds is 0. The second kappa shape index (κ2) is 6.88. The molecule has 3 aliphatic rings. The van der Waals surface area contributed by atoms with Gasteiger partial charge in [0.25, 0.3) is 0 Å². The van der Waals surface area contributed by atoms with Crippen LogP contribution in [0.25, 0.3) is 0 Å². The predicted molar refractivity (Wildman–Crippen MR) is 92.9 cm³/mol. The van der Waals surface area contributed by atoms with Crippen LogP contribution in [-0.4, -0.2) is 22.4 Å². The lowest BCUT2D eigenvalue weighted by atomic mass is 9.73. The average Bonchev–Trinajstić information content (AvgIpc) is 2.40. The molecule has 2 aliphatic heterocycles. The maximum absolute atomic E-state index is 10.7. The smallest absolute Gasteiger partial charge is 0.0922 e. The zero-order valence-corrected chi connectivity index (χ0v) is 15.1. The highest BCUT2D eigenvalue weighted by Gasteiger charge is 2.48. The highest BCUT2D eigenvalue weighted by atomic mass is 16.5. The first-order valence-corrected chi connectivity index (χ1v) is 8.92. The molecule has 0 amide bonds. The maximum Gasteiger partial charge on any atom is 0.0922 e. The third kappa shape index (κ3) is 4.23. The Bertz CT molecular complexity index is 447. The fraction of sp³-hybridized carbons (Fsp3) is 0.800. The topological polar surface area (TPSA) is 29.5 Å². The first-order chi connectivity index (χ1) is 10.2. The lowest BCUT2D eigenvalue weighted by Crippen LogP contribution is -2.56. The number of hydrogen-bond acceptors (Lipinski definition) is 2. The van der Waals surface area contributed by atoms with E-state index in [9.17, 15) is 5.11 Å². The van der Waals surface area contributed by atoms with Gasteiger partial charge in [-0.1, -0.05) is 23.3 Å². The van der Waals surface area contributed by atoms with E-state index in [1.54, 1.807) is 0 Å². The van der Waals surface area contributed by atoms with Gasteiger partial charge >= 0.3 is 0 Å². The molecule has 0 aromatic rings. The molecule has 1 saturated heterocycles. The third-order valence-corrected chi connectivity index (χ3v) is 5.74. The SMILES string of the molecule is CC1=CCCC2(C)OC(C)(C)C(CCC(C)=CCC1)CC2O. The van der Waals surface area contributed by atoms with Gasteiger partial charge in [-0.3, -0.25) is 0 Å². The van der Waals surface area contributed by atoms with Gasteiger partial charge in [-0.2, -0.15) is 0 Å². The first-order valence-electron chi connectivity index (χ1n) is 8.92. The minimum atomic E-state index is -0.411. The lowest BCUT2D eigenvalue weighted by Gasteiger charge is -2.51. The van der Waals surface area contributed by atoms with Gasteiger partial charge in [-0.25, -0.2) is 0 Å². The van der Waals surface area contributed by atoms with E-state index >= 15 is 0 Å². The highest BCUT2D eigenvalue weighted by Crippen LogP contribution is 2.44. The van der Waals surface area contributed by atoms with Crippen LogP contribution < -0.4 is 0 Å². The van der Waals surface area contributed by atoms with Crippen LogP contribution in [0.5, 0.6) is 0 Å². The second-order valence-corrected chi connectivity index (χ2v) is 8.18. The van der Waals surface area contributed by atoms with Crippen molar-refractivity contribution in [2.24, 2.45) is 5.92 Å². The summed E-state index contributed by atoms with van der Waals surface area (Å²) in [4.78, 5) is 0. The normalized spacial score (nSPS) is 37.2. The molecule has 0 radical (unpaired) electrons. The van der Waals surface area contributed by atoms with Gasteiger partial charge in [0.1, 0.15) is 0 Å². The number of hydrogen-bond donors (Lipinski definition) is 1. The third-order valence-electron chi connectivity index (χ3n) is 5.74. The molecule has 3 unspecified atom stereocenters. The van der Waals surface area contributed by atoms with Gasteiger partial charge in [0.2, 0.25) is 0 Å². The number of allylic oxidation sites excluding steroid dienone is 4. The van der Waals surface area contributed by atoms with E-state index in [-0.39, 0.29) is 11.7 Å². The molecule has 0 aromatic carbocycles. The molecule has 0 aromatic heterocycles. The van der Waals surface area contributed by atoms with Gasteiger partial charge in [-0.15, -0.1) is 0 Å². The standard InChI is InChI=1S/C20H34O2/c1-15-8-6-9-16(2)11-12-17-14-18(21)20(5,13-7-10-15)22-19(17,3)4/h9-10,17-18,21H,6-8,11-14H2,1-5H3. The van der Waals surface area contributed by atoms with E-state index in [4.69, 9.17) is 4.74 Å². The van der Waals surface area contributed by atoms with E-state index in [1.165, 1.54) is 11.1 Å². The van der Waals surface area contributed by atoms with Gasteiger partial charge in [0.05, 0.1) is 17.3 Å². The van der Waals surface area contributed by atoms with E-state index in [0.717, 1.165) is 44.9 Å². The molecule has 22 heavy (non-hydrogen) atoms. The second-order valence-electron chi connectivity index (χ2n) is 8.18. The predicted octanol–water partition coefficient (Wildman–Crippen LogP) is 5.17. The fourth-order valence-electron chi connectivity index (χ4n) is 4.00. The van der Waals surface area contributed by atoms with Crippen LogP contribution in [0, 0.1) is 5.92 Å². The van der Waals surface area contributed by atoms with E-state index in [1.807, 2.05) is 0 Å². The zero-order chi connectivity index (χ0) is 16.4. The summed E-state index contributed by atoms with van der Waals surface area (Å²) in [6.07, 6.45) is 11.6. The number of fused-ring (bicyclic) bond motifs is 9. The van der Waals surface area contributed by atoms with Crippen molar-refractivity contribution in [1.29, 1.82) is 0 Å². The molecule has 1 fully saturated rings. The lowest BCUT2D eigenvalue weighted by molar-refractivity contribution is -0.243. The molecule has 126 valence electrons. The Balaban J connectivity index is 2.23. The summed E-state index contributed by atoms with van der Waals surface area (Å²) in [6, 6.07) is 0. The number of ether oxygens (including phenoxy) is 1. The number of aliphatic hydroxyl groups excluding tert-OH is 1. The Labute approximate surface area is 136 Å². The Morgan fingerprint density at radius 2 is 1.68 bits per heavy atom. The van der Waals surface area contributed by atoms with Gasteiger partial charge in [0.15, 0.2) is 0 Å². The van der Waals surface area contributed by atoms with Crippen molar-refractivity contribution in [2.45, 2.75) is 96.9 Å². The van der Waals surface area contributed by atoms with Crippen LogP contribution in [0.2, 0.25) is 0 Å². The summed E-state index contributed by atoms with van der Waals surface area (Å²) >= 11 is 0. The molecule has 3 rings (SSSR count). The summed E-state index contributed by atoms with van der Waals surface area (Å²) in [5.41, 5.74) is 2.36. The van der Waals surface area contributed by atoms with Crippen molar-refractivity contribution >= 4 is 0 Å². The van der Waals surface area contributed by atoms with Crippen molar-refractivity contribution in [3.8, 4) is 0 Å². The zero-order valence-electron chi connectivity index (χ0n) is 15.1. The minimum absolute atomic E-state index is 0.156. The van der Waals surface area contributed by atoms with Crippen LogP contribution >= 0.6 is 0 Å². The molecule has 0 saturated carbocycles.